The van der Waals surface area contributed by atoms with Gasteiger partial charge in [-0.05, 0) is 43.7 Å². The molecule has 0 radical (unpaired) electrons. The van der Waals surface area contributed by atoms with Crippen molar-refractivity contribution in [3.8, 4) is 0 Å². The first kappa shape index (κ1) is 22.1. The van der Waals surface area contributed by atoms with Crippen molar-refractivity contribution in [1.29, 1.82) is 0 Å². The van der Waals surface area contributed by atoms with Crippen LogP contribution in [0.1, 0.15) is 51.5 Å². The van der Waals surface area contributed by atoms with Gasteiger partial charge in [-0.1, -0.05) is 37.6 Å². The van der Waals surface area contributed by atoms with Crippen LogP contribution in [0.5, 0.6) is 0 Å². The second-order valence-electron chi connectivity index (χ2n) is 7.83. The van der Waals surface area contributed by atoms with Gasteiger partial charge in [-0.3, -0.25) is 4.79 Å². The Hall–Kier alpha value is -1.56. The summed E-state index contributed by atoms with van der Waals surface area (Å²) in [5, 5.41) is 1.81. The van der Waals surface area contributed by atoms with Crippen LogP contribution in [0.2, 0.25) is 5.02 Å². The minimum absolute atomic E-state index is 0.122. The summed E-state index contributed by atoms with van der Waals surface area (Å²) in [6.45, 7) is 6.91. The summed E-state index contributed by atoms with van der Waals surface area (Å²) in [5.41, 5.74) is 2.24. The van der Waals surface area contributed by atoms with Crippen molar-refractivity contribution in [2.75, 3.05) is 20.3 Å². The van der Waals surface area contributed by atoms with Gasteiger partial charge in [0, 0.05) is 56.6 Å². The minimum Gasteiger partial charge on any atom is -0.385 e. The first-order valence-electron chi connectivity index (χ1n) is 10.8. The molecule has 1 amide bonds. The summed E-state index contributed by atoms with van der Waals surface area (Å²) >= 11 is 6.44. The van der Waals surface area contributed by atoms with Crippen LogP contribution >= 0.6 is 11.6 Å². The number of benzene rings is 1. The standard InChI is InChI=1S/C23H33ClN2O3/c1-4-12-29-22(5-2)23(27)26(18-8-9-18)15-17-7-10-19-20(24)16-25(21(19)14-17)11-6-13-28-3/h7,10,14,16,18,22H,4-6,8-9,11-13,15H2,1-3H3/t22-/m1/s1. The van der Waals surface area contributed by atoms with Gasteiger partial charge in [-0.2, -0.15) is 0 Å². The third-order valence-electron chi connectivity index (χ3n) is 5.44. The molecule has 0 bridgehead atoms. The van der Waals surface area contributed by atoms with Crippen LogP contribution in [-0.4, -0.2) is 47.8 Å². The Kier molecular flexibility index (Phi) is 7.99. The zero-order valence-electron chi connectivity index (χ0n) is 17.8. The lowest BCUT2D eigenvalue weighted by molar-refractivity contribution is -0.145. The van der Waals surface area contributed by atoms with E-state index in [-0.39, 0.29) is 12.0 Å². The second-order valence-corrected chi connectivity index (χ2v) is 8.24. The van der Waals surface area contributed by atoms with Gasteiger partial charge in [-0.25, -0.2) is 0 Å². The van der Waals surface area contributed by atoms with Crippen molar-refractivity contribution in [1.82, 2.24) is 9.47 Å². The molecule has 1 fully saturated rings. The quantitative estimate of drug-likeness (QED) is 0.452. The van der Waals surface area contributed by atoms with Gasteiger partial charge in [-0.15, -0.1) is 0 Å². The van der Waals surface area contributed by atoms with E-state index in [1.807, 2.05) is 18.0 Å². The fourth-order valence-corrected chi connectivity index (χ4v) is 4.01. The van der Waals surface area contributed by atoms with E-state index >= 15 is 0 Å². The lowest BCUT2D eigenvalue weighted by Gasteiger charge is -2.27. The number of ether oxygens (including phenoxy) is 2. The number of carbonyl (C=O) groups is 1. The van der Waals surface area contributed by atoms with Crippen molar-refractivity contribution < 1.29 is 14.3 Å². The average Bonchev–Trinajstić information content (AvgIpc) is 3.52. The van der Waals surface area contributed by atoms with E-state index in [1.54, 1.807) is 7.11 Å². The van der Waals surface area contributed by atoms with Gasteiger partial charge < -0.3 is 18.9 Å². The highest BCUT2D eigenvalue weighted by molar-refractivity contribution is 6.35. The Morgan fingerprint density at radius 1 is 1.31 bits per heavy atom. The van der Waals surface area contributed by atoms with Crippen LogP contribution in [0.4, 0.5) is 0 Å². The number of nitrogens with zero attached hydrogens (tertiary/aromatic N) is 2. The monoisotopic (exact) mass is 420 g/mol. The van der Waals surface area contributed by atoms with Gasteiger partial charge in [0.1, 0.15) is 6.10 Å². The maximum absolute atomic E-state index is 13.1. The normalized spacial score (nSPS) is 15.0. The average molecular weight is 421 g/mol. The number of aryl methyl sites for hydroxylation is 1. The largest absolute Gasteiger partial charge is 0.385 e. The molecule has 1 saturated carbocycles. The van der Waals surface area contributed by atoms with Crippen molar-refractivity contribution in [3.05, 3.63) is 35.0 Å². The summed E-state index contributed by atoms with van der Waals surface area (Å²) in [5.74, 6) is 0.122. The second kappa shape index (κ2) is 10.5. The molecular weight excluding hydrogens is 388 g/mol. The van der Waals surface area contributed by atoms with Crippen molar-refractivity contribution in [3.63, 3.8) is 0 Å². The molecule has 2 aromatic rings. The molecule has 1 heterocycles. The minimum atomic E-state index is -0.341. The maximum Gasteiger partial charge on any atom is 0.252 e. The number of hydrogen-bond acceptors (Lipinski definition) is 3. The van der Waals surface area contributed by atoms with Gasteiger partial charge in [0.15, 0.2) is 0 Å². The first-order chi connectivity index (χ1) is 14.1. The van der Waals surface area contributed by atoms with Crippen molar-refractivity contribution in [2.24, 2.45) is 0 Å². The van der Waals surface area contributed by atoms with Gasteiger partial charge in [0.25, 0.3) is 5.91 Å². The zero-order chi connectivity index (χ0) is 20.8. The highest BCUT2D eigenvalue weighted by Crippen LogP contribution is 2.32. The molecule has 1 aromatic carbocycles. The zero-order valence-corrected chi connectivity index (χ0v) is 18.6. The number of halogens is 1. The van der Waals surface area contributed by atoms with E-state index in [4.69, 9.17) is 21.1 Å². The molecule has 0 N–H and O–H groups in total. The van der Waals surface area contributed by atoms with E-state index in [0.717, 1.165) is 60.3 Å². The molecule has 1 aromatic heterocycles. The number of methoxy groups -OCH3 is 1. The SMILES string of the molecule is CCCO[C@H](CC)C(=O)N(Cc1ccc2c(Cl)cn(CCCOC)c2c1)C1CC1. The lowest BCUT2D eigenvalue weighted by Crippen LogP contribution is -2.41. The van der Waals surface area contributed by atoms with Crippen molar-refractivity contribution >= 4 is 28.4 Å². The van der Waals surface area contributed by atoms with Crippen LogP contribution in [0.3, 0.4) is 0 Å². The number of rotatable bonds is 12. The summed E-state index contributed by atoms with van der Waals surface area (Å²) in [6.07, 6.45) is 6.37. The number of fused-ring (bicyclic) bond motifs is 1. The highest BCUT2D eigenvalue weighted by Gasteiger charge is 2.35. The van der Waals surface area contributed by atoms with Crippen LogP contribution in [0.25, 0.3) is 10.9 Å². The van der Waals surface area contributed by atoms with Gasteiger partial charge in [0.05, 0.1) is 5.02 Å². The summed E-state index contributed by atoms with van der Waals surface area (Å²) < 4.78 is 13.2. The number of aromatic nitrogens is 1. The highest BCUT2D eigenvalue weighted by atomic mass is 35.5. The molecule has 1 aliphatic rings. The van der Waals surface area contributed by atoms with E-state index in [0.29, 0.717) is 25.6 Å². The van der Waals surface area contributed by atoms with E-state index in [9.17, 15) is 4.79 Å². The third kappa shape index (κ3) is 5.53. The first-order valence-corrected chi connectivity index (χ1v) is 11.1. The molecule has 0 saturated heterocycles. The maximum atomic E-state index is 13.1. The van der Waals surface area contributed by atoms with Crippen LogP contribution in [-0.2, 0) is 27.4 Å². The molecule has 0 unspecified atom stereocenters. The Bertz CT molecular complexity index is 816. The Morgan fingerprint density at radius 3 is 2.76 bits per heavy atom. The fourth-order valence-electron chi connectivity index (χ4n) is 3.73. The Labute approximate surface area is 178 Å². The number of hydrogen-bond donors (Lipinski definition) is 0. The molecule has 0 spiro atoms. The van der Waals surface area contributed by atoms with Gasteiger partial charge in [0.2, 0.25) is 0 Å². The Balaban J connectivity index is 1.79. The number of carbonyl (C=O) groups excluding carboxylic acids is 1. The third-order valence-corrected chi connectivity index (χ3v) is 5.74. The van der Waals surface area contributed by atoms with E-state index in [2.05, 4.69) is 29.7 Å². The van der Waals surface area contributed by atoms with Crippen LogP contribution in [0.15, 0.2) is 24.4 Å². The summed E-state index contributed by atoms with van der Waals surface area (Å²) in [4.78, 5) is 15.2. The Morgan fingerprint density at radius 2 is 2.10 bits per heavy atom. The van der Waals surface area contributed by atoms with Crippen molar-refractivity contribution in [2.45, 2.75) is 71.2 Å². The van der Waals surface area contributed by atoms with Gasteiger partial charge >= 0.3 is 0 Å². The molecule has 1 atom stereocenters. The fraction of sp³-hybridized carbons (Fsp3) is 0.609. The molecular formula is C23H33ClN2O3. The molecule has 1 aliphatic carbocycles. The number of amides is 1. The van der Waals surface area contributed by atoms with E-state index < -0.39 is 0 Å². The summed E-state index contributed by atoms with van der Waals surface area (Å²) in [7, 11) is 1.72. The predicted molar refractivity (Wildman–Crippen MR) is 117 cm³/mol. The molecule has 6 heteroatoms. The predicted octanol–water partition coefficient (Wildman–Crippen LogP) is 5.03. The molecule has 160 valence electrons. The van der Waals surface area contributed by atoms with E-state index in [1.165, 1.54) is 0 Å². The topological polar surface area (TPSA) is 43.7 Å². The molecule has 5 nitrogen and oxygen atoms in total. The summed E-state index contributed by atoms with van der Waals surface area (Å²) in [6, 6.07) is 6.67. The molecule has 0 aliphatic heterocycles. The molecule has 29 heavy (non-hydrogen) atoms. The smallest absolute Gasteiger partial charge is 0.252 e. The van der Waals surface area contributed by atoms with Crippen LogP contribution < -0.4 is 0 Å². The molecule has 3 rings (SSSR count). The lowest BCUT2D eigenvalue weighted by atomic mass is 10.1. The van der Waals surface area contributed by atoms with Crippen LogP contribution in [0, 0.1) is 0 Å².